The third-order valence-electron chi connectivity index (χ3n) is 4.84. The molecule has 0 aromatic heterocycles. The minimum atomic E-state index is -4.33. The molecule has 4 nitrogen and oxygen atoms in total. The zero-order chi connectivity index (χ0) is 19.6. The van der Waals surface area contributed by atoms with Crippen LogP contribution in [-0.2, 0) is 6.18 Å². The molecule has 0 bridgehead atoms. The van der Waals surface area contributed by atoms with E-state index in [4.69, 9.17) is 0 Å². The zero-order valence-corrected chi connectivity index (χ0v) is 15.3. The number of halogens is 3. The number of carbonyl (C=O) groups is 1. The molecule has 2 aromatic carbocycles. The van der Waals surface area contributed by atoms with Crippen molar-refractivity contribution < 1.29 is 18.0 Å². The summed E-state index contributed by atoms with van der Waals surface area (Å²) in [6.45, 7) is 6.07. The van der Waals surface area contributed by atoms with Crippen LogP contribution in [0.5, 0.6) is 0 Å². The van der Waals surface area contributed by atoms with Crippen LogP contribution in [0.2, 0.25) is 0 Å². The standard InChI is InChI=1S/C20H22F3N3O/c1-14-4-3-5-15(2)18(14)24-19(27)26-12-10-25(11-13-26)17-8-6-16(7-9-17)20(21,22)23/h3-9H,10-13H2,1-2H3,(H,24,27). The number of hydrogen-bond donors (Lipinski definition) is 1. The first-order valence-electron chi connectivity index (χ1n) is 8.80. The second kappa shape index (κ2) is 7.50. The molecule has 0 radical (unpaired) electrons. The molecule has 1 heterocycles. The molecule has 2 aromatic rings. The molecule has 144 valence electrons. The molecular formula is C20H22F3N3O. The minimum absolute atomic E-state index is 0.153. The van der Waals surface area contributed by atoms with Gasteiger partial charge in [-0.25, -0.2) is 4.79 Å². The lowest BCUT2D eigenvalue weighted by molar-refractivity contribution is -0.137. The number of nitrogens with one attached hydrogen (secondary N) is 1. The van der Waals surface area contributed by atoms with E-state index in [0.29, 0.717) is 26.2 Å². The van der Waals surface area contributed by atoms with Crippen molar-refractivity contribution >= 4 is 17.4 Å². The first kappa shape index (κ1) is 19.1. The number of anilines is 2. The van der Waals surface area contributed by atoms with E-state index in [1.807, 2.05) is 36.9 Å². The van der Waals surface area contributed by atoms with Gasteiger partial charge in [0, 0.05) is 37.6 Å². The number of para-hydroxylation sites is 1. The van der Waals surface area contributed by atoms with Gasteiger partial charge in [-0.3, -0.25) is 0 Å². The Morgan fingerprint density at radius 2 is 1.48 bits per heavy atom. The number of hydrogen-bond acceptors (Lipinski definition) is 2. The average molecular weight is 377 g/mol. The lowest BCUT2D eigenvalue weighted by Crippen LogP contribution is -2.50. The number of aryl methyl sites for hydroxylation is 2. The van der Waals surface area contributed by atoms with Crippen molar-refractivity contribution in [1.82, 2.24) is 4.90 Å². The van der Waals surface area contributed by atoms with Crippen molar-refractivity contribution in [2.45, 2.75) is 20.0 Å². The summed E-state index contributed by atoms with van der Waals surface area (Å²) in [5, 5.41) is 2.97. The highest BCUT2D eigenvalue weighted by Gasteiger charge is 2.30. The van der Waals surface area contributed by atoms with Crippen LogP contribution in [0, 0.1) is 13.8 Å². The molecule has 0 atom stereocenters. The zero-order valence-electron chi connectivity index (χ0n) is 15.3. The molecule has 7 heteroatoms. The number of nitrogens with zero attached hydrogens (tertiary/aromatic N) is 2. The number of amides is 2. The fourth-order valence-electron chi connectivity index (χ4n) is 3.23. The SMILES string of the molecule is Cc1cccc(C)c1NC(=O)N1CCN(c2ccc(C(F)(F)F)cc2)CC1. The second-order valence-electron chi connectivity index (χ2n) is 6.72. The minimum Gasteiger partial charge on any atom is -0.368 e. The maximum Gasteiger partial charge on any atom is 0.416 e. The fourth-order valence-corrected chi connectivity index (χ4v) is 3.23. The molecule has 1 fully saturated rings. The Kier molecular flexibility index (Phi) is 5.30. The highest BCUT2D eigenvalue weighted by Crippen LogP contribution is 2.30. The van der Waals surface area contributed by atoms with Crippen molar-refractivity contribution in [3.05, 3.63) is 59.2 Å². The van der Waals surface area contributed by atoms with Crippen molar-refractivity contribution in [2.75, 3.05) is 36.4 Å². The average Bonchev–Trinajstić information content (AvgIpc) is 2.64. The summed E-state index contributed by atoms with van der Waals surface area (Å²) in [4.78, 5) is 16.3. The van der Waals surface area contributed by atoms with E-state index in [0.717, 1.165) is 34.6 Å². The van der Waals surface area contributed by atoms with Gasteiger partial charge in [-0.15, -0.1) is 0 Å². The molecule has 1 aliphatic heterocycles. The van der Waals surface area contributed by atoms with E-state index in [2.05, 4.69) is 5.32 Å². The fraction of sp³-hybridized carbons (Fsp3) is 0.350. The van der Waals surface area contributed by atoms with E-state index >= 15 is 0 Å². The maximum atomic E-state index is 12.7. The van der Waals surface area contributed by atoms with Crippen molar-refractivity contribution in [1.29, 1.82) is 0 Å². The molecular weight excluding hydrogens is 355 g/mol. The number of rotatable bonds is 2. The summed E-state index contributed by atoms with van der Waals surface area (Å²) in [5.41, 5.74) is 2.92. The van der Waals surface area contributed by atoms with E-state index in [1.165, 1.54) is 12.1 Å². The third-order valence-corrected chi connectivity index (χ3v) is 4.84. The molecule has 3 rings (SSSR count). The Balaban J connectivity index is 1.59. The second-order valence-corrected chi connectivity index (χ2v) is 6.72. The predicted octanol–water partition coefficient (Wildman–Crippen LogP) is 4.68. The van der Waals surface area contributed by atoms with Crippen LogP contribution >= 0.6 is 0 Å². The quantitative estimate of drug-likeness (QED) is 0.825. The van der Waals surface area contributed by atoms with Gasteiger partial charge in [0.25, 0.3) is 0 Å². The van der Waals surface area contributed by atoms with Crippen LogP contribution < -0.4 is 10.2 Å². The van der Waals surface area contributed by atoms with Crippen LogP contribution in [0.4, 0.5) is 29.3 Å². The molecule has 0 saturated carbocycles. The topological polar surface area (TPSA) is 35.6 Å². The Labute approximate surface area is 156 Å². The van der Waals surface area contributed by atoms with Gasteiger partial charge in [-0.1, -0.05) is 18.2 Å². The van der Waals surface area contributed by atoms with E-state index < -0.39 is 11.7 Å². The van der Waals surface area contributed by atoms with Gasteiger partial charge in [0.05, 0.1) is 5.56 Å². The van der Waals surface area contributed by atoms with Crippen molar-refractivity contribution in [3.8, 4) is 0 Å². The summed E-state index contributed by atoms with van der Waals surface area (Å²) >= 11 is 0. The molecule has 0 unspecified atom stereocenters. The molecule has 0 aliphatic carbocycles. The smallest absolute Gasteiger partial charge is 0.368 e. The van der Waals surface area contributed by atoms with Crippen LogP contribution in [0.3, 0.4) is 0 Å². The molecule has 1 saturated heterocycles. The number of urea groups is 1. The maximum absolute atomic E-state index is 12.7. The van der Waals surface area contributed by atoms with Gasteiger partial charge in [0.2, 0.25) is 0 Å². The highest BCUT2D eigenvalue weighted by atomic mass is 19.4. The van der Waals surface area contributed by atoms with Gasteiger partial charge in [0.15, 0.2) is 0 Å². The Morgan fingerprint density at radius 3 is 2.00 bits per heavy atom. The molecule has 2 amide bonds. The number of carbonyl (C=O) groups excluding carboxylic acids is 1. The summed E-state index contributed by atoms with van der Waals surface area (Å²) in [6, 6.07) is 10.8. The van der Waals surface area contributed by atoms with E-state index in [-0.39, 0.29) is 6.03 Å². The predicted molar refractivity (Wildman–Crippen MR) is 100 cm³/mol. The number of alkyl halides is 3. The Hall–Kier alpha value is -2.70. The van der Waals surface area contributed by atoms with Crippen LogP contribution in [0.1, 0.15) is 16.7 Å². The largest absolute Gasteiger partial charge is 0.416 e. The summed E-state index contributed by atoms with van der Waals surface area (Å²) in [7, 11) is 0. The number of piperazine rings is 1. The summed E-state index contributed by atoms with van der Waals surface area (Å²) in [6.07, 6.45) is -4.33. The molecule has 27 heavy (non-hydrogen) atoms. The lowest BCUT2D eigenvalue weighted by atomic mass is 10.1. The van der Waals surface area contributed by atoms with Gasteiger partial charge < -0.3 is 15.1 Å². The molecule has 0 spiro atoms. The van der Waals surface area contributed by atoms with Crippen molar-refractivity contribution in [3.63, 3.8) is 0 Å². The van der Waals surface area contributed by atoms with Crippen LogP contribution in [0.15, 0.2) is 42.5 Å². The number of benzene rings is 2. The Bertz CT molecular complexity index is 790. The van der Waals surface area contributed by atoms with E-state index in [9.17, 15) is 18.0 Å². The van der Waals surface area contributed by atoms with E-state index in [1.54, 1.807) is 4.90 Å². The summed E-state index contributed by atoms with van der Waals surface area (Å²) < 4.78 is 38.0. The van der Waals surface area contributed by atoms with Crippen LogP contribution in [0.25, 0.3) is 0 Å². The van der Waals surface area contributed by atoms with Gasteiger partial charge >= 0.3 is 12.2 Å². The molecule has 1 N–H and O–H groups in total. The highest BCUT2D eigenvalue weighted by molar-refractivity contribution is 5.91. The first-order chi connectivity index (χ1) is 12.8. The van der Waals surface area contributed by atoms with Gasteiger partial charge in [-0.05, 0) is 49.2 Å². The summed E-state index contributed by atoms with van der Waals surface area (Å²) in [5.74, 6) is 0. The van der Waals surface area contributed by atoms with Gasteiger partial charge in [0.1, 0.15) is 0 Å². The Morgan fingerprint density at radius 1 is 0.926 bits per heavy atom. The molecule has 1 aliphatic rings. The van der Waals surface area contributed by atoms with Crippen LogP contribution in [-0.4, -0.2) is 37.1 Å². The lowest BCUT2D eigenvalue weighted by Gasteiger charge is -2.36. The van der Waals surface area contributed by atoms with Gasteiger partial charge in [-0.2, -0.15) is 13.2 Å². The third kappa shape index (κ3) is 4.35. The monoisotopic (exact) mass is 377 g/mol. The van der Waals surface area contributed by atoms with Crippen molar-refractivity contribution in [2.24, 2.45) is 0 Å². The normalized spacial score (nSPS) is 15.0. The first-order valence-corrected chi connectivity index (χ1v) is 8.80.